The highest BCUT2D eigenvalue weighted by atomic mass is 15.2. The Kier molecular flexibility index (Phi) is 10.9. The van der Waals surface area contributed by atoms with Crippen molar-refractivity contribution in [2.45, 2.75) is 12.8 Å². The molecule has 1 aliphatic rings. The van der Waals surface area contributed by atoms with Gasteiger partial charge in [0, 0.05) is 34.1 Å². The van der Waals surface area contributed by atoms with Gasteiger partial charge in [0.15, 0.2) is 0 Å². The average Bonchev–Trinajstić information content (AvgIpc) is 3.36. The molecule has 1 aliphatic carbocycles. The fraction of sp³-hybridized carbons (Fsp3) is 0.0333. The van der Waals surface area contributed by atoms with Crippen molar-refractivity contribution in [3.63, 3.8) is 0 Å². The summed E-state index contributed by atoms with van der Waals surface area (Å²) in [5, 5.41) is 0. The van der Waals surface area contributed by atoms with Crippen LogP contribution in [0.5, 0.6) is 0 Å². The molecule has 0 radical (unpaired) electrons. The molecule has 0 fully saturated rings. The Hall–Kier alpha value is -7.94. The average molecular weight is 795 g/mol. The minimum Gasteiger partial charge on any atom is -0.310 e. The molecule has 2 nitrogen and oxygen atoms in total. The number of benzene rings is 9. The highest BCUT2D eigenvalue weighted by Crippen LogP contribution is 2.43. The Morgan fingerprint density at radius 2 is 0.645 bits per heavy atom. The molecule has 0 heterocycles. The van der Waals surface area contributed by atoms with Gasteiger partial charge in [-0.25, -0.2) is 0 Å². The van der Waals surface area contributed by atoms with Gasteiger partial charge in [-0.3, -0.25) is 0 Å². The van der Waals surface area contributed by atoms with Crippen LogP contribution in [0.2, 0.25) is 0 Å². The van der Waals surface area contributed by atoms with Crippen molar-refractivity contribution in [3.8, 4) is 44.5 Å². The number of hydrogen-bond donors (Lipinski definition) is 0. The minimum absolute atomic E-state index is 0.961. The normalized spacial score (nSPS) is 12.3. The van der Waals surface area contributed by atoms with Gasteiger partial charge in [0.05, 0.1) is 0 Å². The van der Waals surface area contributed by atoms with Gasteiger partial charge in [0.25, 0.3) is 0 Å². The van der Waals surface area contributed by atoms with Crippen LogP contribution in [0, 0.1) is 0 Å². The quantitative estimate of drug-likeness (QED) is 0.129. The second kappa shape index (κ2) is 17.7. The maximum Gasteiger partial charge on any atom is 0.0496 e. The molecule has 0 unspecified atom stereocenters. The fourth-order valence-electron chi connectivity index (χ4n) is 8.68. The first-order valence-electron chi connectivity index (χ1n) is 21.5. The Labute approximate surface area is 365 Å². The highest BCUT2D eigenvalue weighted by Gasteiger charge is 2.21. The molecule has 0 atom stereocenters. The lowest BCUT2D eigenvalue weighted by molar-refractivity contribution is 1.02. The van der Waals surface area contributed by atoms with E-state index in [4.69, 9.17) is 0 Å². The maximum atomic E-state index is 2.41. The Morgan fingerprint density at radius 1 is 0.274 bits per heavy atom. The molecule has 9 aromatic rings. The molecule has 2 heteroatoms. The van der Waals surface area contributed by atoms with Gasteiger partial charge >= 0.3 is 0 Å². The first kappa shape index (κ1) is 38.3. The standard InChI is InChI=1S/C60H46N2/c1-6-18-45(19-7-1)47-34-38-54(39-35-47)61(52-24-12-4-13-25-52)56-42-43-57(59(44-56)49-22-10-3-11-23-49)50-30-32-51(33-31-50)58-28-16-17-29-60(58)62(53-26-14-5-15-27-53)55-40-36-48(37-41-55)46-20-8-2-9-21-46/h1-15,17-27,29-44H,16,28H2. The molecule has 9 aromatic carbocycles. The smallest absolute Gasteiger partial charge is 0.0496 e. The zero-order valence-corrected chi connectivity index (χ0v) is 34.6. The van der Waals surface area contributed by atoms with E-state index in [1.165, 1.54) is 61.3 Å². The van der Waals surface area contributed by atoms with Crippen LogP contribution in [0.3, 0.4) is 0 Å². The van der Waals surface area contributed by atoms with Gasteiger partial charge in [-0.05, 0) is 135 Å². The first-order chi connectivity index (χ1) is 30.8. The lowest BCUT2D eigenvalue weighted by atomic mass is 9.90. The summed E-state index contributed by atoms with van der Waals surface area (Å²) in [6, 6.07) is 87.4. The Bertz CT molecular complexity index is 2940. The highest BCUT2D eigenvalue weighted by molar-refractivity contribution is 5.90. The van der Waals surface area contributed by atoms with Crippen molar-refractivity contribution in [2.75, 3.05) is 9.80 Å². The monoisotopic (exact) mass is 794 g/mol. The molecule has 0 aromatic heterocycles. The van der Waals surface area contributed by atoms with Gasteiger partial charge in [-0.2, -0.15) is 0 Å². The van der Waals surface area contributed by atoms with Crippen LogP contribution < -0.4 is 9.80 Å². The first-order valence-corrected chi connectivity index (χ1v) is 21.5. The van der Waals surface area contributed by atoms with Crippen LogP contribution in [-0.4, -0.2) is 0 Å². The van der Waals surface area contributed by atoms with Crippen molar-refractivity contribution in [1.82, 2.24) is 0 Å². The van der Waals surface area contributed by atoms with Crippen molar-refractivity contribution in [2.24, 2.45) is 0 Å². The molecule has 296 valence electrons. The van der Waals surface area contributed by atoms with E-state index >= 15 is 0 Å². The van der Waals surface area contributed by atoms with Crippen molar-refractivity contribution < 1.29 is 0 Å². The summed E-state index contributed by atoms with van der Waals surface area (Å²) in [6.45, 7) is 0. The number of rotatable bonds is 11. The van der Waals surface area contributed by atoms with Crippen LogP contribution in [0.25, 0.3) is 50.1 Å². The summed E-state index contributed by atoms with van der Waals surface area (Å²) in [7, 11) is 0. The molecule has 0 amide bonds. The molecule has 0 bridgehead atoms. The molecular formula is C60H46N2. The van der Waals surface area contributed by atoms with E-state index in [1.54, 1.807) is 0 Å². The van der Waals surface area contributed by atoms with E-state index in [-0.39, 0.29) is 0 Å². The Balaban J connectivity index is 1.03. The number of anilines is 5. The third kappa shape index (κ3) is 8.02. The van der Waals surface area contributed by atoms with Gasteiger partial charge in [-0.1, -0.05) is 188 Å². The summed E-state index contributed by atoms with van der Waals surface area (Å²) in [6.07, 6.45) is 6.58. The van der Waals surface area contributed by atoms with Crippen molar-refractivity contribution in [1.29, 1.82) is 0 Å². The molecule has 62 heavy (non-hydrogen) atoms. The molecule has 0 spiro atoms. The zero-order valence-electron chi connectivity index (χ0n) is 34.6. The van der Waals surface area contributed by atoms with E-state index in [1.807, 2.05) is 0 Å². The lowest BCUT2D eigenvalue weighted by Gasteiger charge is -2.31. The second-order valence-electron chi connectivity index (χ2n) is 15.6. The third-order valence-electron chi connectivity index (χ3n) is 11.8. The number of hydrogen-bond acceptors (Lipinski definition) is 2. The van der Waals surface area contributed by atoms with Gasteiger partial charge in [-0.15, -0.1) is 0 Å². The van der Waals surface area contributed by atoms with E-state index in [2.05, 4.69) is 265 Å². The summed E-state index contributed by atoms with van der Waals surface area (Å²) >= 11 is 0. The lowest BCUT2D eigenvalue weighted by Crippen LogP contribution is -2.18. The second-order valence-corrected chi connectivity index (χ2v) is 15.6. The molecule has 10 rings (SSSR count). The maximum absolute atomic E-state index is 2.41. The number of nitrogens with zero attached hydrogens (tertiary/aromatic N) is 2. The van der Waals surface area contributed by atoms with E-state index in [0.717, 1.165) is 41.3 Å². The van der Waals surface area contributed by atoms with E-state index in [9.17, 15) is 0 Å². The van der Waals surface area contributed by atoms with Crippen LogP contribution >= 0.6 is 0 Å². The third-order valence-corrected chi connectivity index (χ3v) is 11.8. The number of allylic oxidation sites excluding steroid dienone is 3. The summed E-state index contributed by atoms with van der Waals surface area (Å²) in [5.74, 6) is 0. The van der Waals surface area contributed by atoms with Crippen molar-refractivity contribution >= 4 is 34.0 Å². The summed E-state index contributed by atoms with van der Waals surface area (Å²) in [4.78, 5) is 4.76. The van der Waals surface area contributed by atoms with Gasteiger partial charge in [0.2, 0.25) is 0 Å². The van der Waals surface area contributed by atoms with Gasteiger partial charge in [0.1, 0.15) is 0 Å². The molecule has 0 aliphatic heterocycles. The summed E-state index contributed by atoms with van der Waals surface area (Å²) < 4.78 is 0. The molecule has 0 saturated heterocycles. The molecule has 0 saturated carbocycles. The fourth-order valence-corrected chi connectivity index (χ4v) is 8.68. The zero-order chi connectivity index (χ0) is 41.5. The van der Waals surface area contributed by atoms with E-state index in [0.29, 0.717) is 0 Å². The minimum atomic E-state index is 0.961. The SMILES string of the molecule is C1=CC(N(c2ccccc2)c2ccc(-c3ccccc3)cc2)=C(c2ccc(-c3ccc(N(c4ccccc4)c4ccc(-c5ccccc5)cc4)cc3-c3ccccc3)cc2)CC1. The predicted molar refractivity (Wildman–Crippen MR) is 263 cm³/mol. The summed E-state index contributed by atoms with van der Waals surface area (Å²) in [5.41, 5.74) is 19.0. The molecule has 0 N–H and O–H groups in total. The molecular weight excluding hydrogens is 749 g/mol. The van der Waals surface area contributed by atoms with Crippen LogP contribution in [-0.2, 0) is 0 Å². The Morgan fingerprint density at radius 3 is 1.18 bits per heavy atom. The topological polar surface area (TPSA) is 6.48 Å². The largest absolute Gasteiger partial charge is 0.310 e. The van der Waals surface area contributed by atoms with Crippen LogP contribution in [0.4, 0.5) is 28.4 Å². The number of para-hydroxylation sites is 2. The van der Waals surface area contributed by atoms with E-state index < -0.39 is 0 Å². The van der Waals surface area contributed by atoms with Crippen molar-refractivity contribution in [3.05, 3.63) is 266 Å². The predicted octanol–water partition coefficient (Wildman–Crippen LogP) is 16.7. The van der Waals surface area contributed by atoms with Crippen LogP contribution in [0.15, 0.2) is 261 Å². The van der Waals surface area contributed by atoms with Gasteiger partial charge < -0.3 is 9.80 Å². The van der Waals surface area contributed by atoms with Crippen LogP contribution in [0.1, 0.15) is 18.4 Å².